The molecule has 0 aromatic heterocycles. The number of thioether (sulfide) groups is 1. The average molecular weight is 584 g/mol. The van der Waals surface area contributed by atoms with Gasteiger partial charge in [-0.25, -0.2) is 8.42 Å². The summed E-state index contributed by atoms with van der Waals surface area (Å²) in [6.45, 7) is 1.38. The van der Waals surface area contributed by atoms with E-state index in [0.717, 1.165) is 17.0 Å². The lowest BCUT2D eigenvalue weighted by Crippen LogP contribution is -2.52. The first-order valence-electron chi connectivity index (χ1n) is 12.0. The summed E-state index contributed by atoms with van der Waals surface area (Å²) < 4.78 is 65.3. The minimum Gasteiger partial charge on any atom is -0.351 e. The highest BCUT2D eigenvalue weighted by Crippen LogP contribution is 2.31. The van der Waals surface area contributed by atoms with Gasteiger partial charge in [0.05, 0.1) is 16.2 Å². The number of halogens is 3. The molecule has 1 aliphatic rings. The van der Waals surface area contributed by atoms with Crippen LogP contribution in [0.15, 0.2) is 63.4 Å². The van der Waals surface area contributed by atoms with Crippen LogP contribution in [0.4, 0.5) is 13.2 Å². The van der Waals surface area contributed by atoms with Crippen LogP contribution in [0.5, 0.6) is 0 Å². The number of amides is 2. The Kier molecular flexibility index (Phi) is 9.92. The molecule has 2 N–H and O–H groups in total. The largest absolute Gasteiger partial charge is 0.416 e. The zero-order chi connectivity index (χ0) is 28.8. The van der Waals surface area contributed by atoms with Gasteiger partial charge in [0, 0.05) is 27.5 Å². The fourth-order valence-electron chi connectivity index (χ4n) is 4.44. The highest BCUT2D eigenvalue weighted by molar-refractivity contribution is 7.98. The van der Waals surface area contributed by atoms with Gasteiger partial charge in [0.25, 0.3) is 5.91 Å². The summed E-state index contributed by atoms with van der Waals surface area (Å²) >= 11 is 1.48. The van der Waals surface area contributed by atoms with Gasteiger partial charge in [-0.1, -0.05) is 11.2 Å². The summed E-state index contributed by atoms with van der Waals surface area (Å²) in [6, 6.07) is 8.17. The highest BCUT2D eigenvalue weighted by atomic mass is 32.2. The van der Waals surface area contributed by atoms with Crippen molar-refractivity contribution >= 4 is 33.4 Å². The summed E-state index contributed by atoms with van der Waals surface area (Å²) in [5, 5.41) is 8.91. The Hall–Kier alpha value is -3.22. The molecule has 1 aliphatic carbocycles. The zero-order valence-electron chi connectivity index (χ0n) is 21.2. The Labute approximate surface area is 228 Å². The van der Waals surface area contributed by atoms with Crippen LogP contribution in [0.1, 0.15) is 42.1 Å². The van der Waals surface area contributed by atoms with Crippen LogP contribution in [0, 0.1) is 5.92 Å². The normalized spacial score (nSPS) is 20.4. The number of nitrogens with one attached hydrogen (secondary N) is 2. The predicted octanol–water partition coefficient (Wildman–Crippen LogP) is 4.98. The summed E-state index contributed by atoms with van der Waals surface area (Å²) in [7, 11) is -3.74. The fraction of sp³-hybridized carbons (Fsp3) is 0.440. The van der Waals surface area contributed by atoms with Crippen LogP contribution in [0.25, 0.3) is 10.4 Å². The Morgan fingerprint density at radius 3 is 2.49 bits per heavy atom. The molecule has 2 aromatic rings. The second-order valence-electron chi connectivity index (χ2n) is 9.28. The molecule has 1 saturated carbocycles. The van der Waals surface area contributed by atoms with Crippen molar-refractivity contribution in [2.75, 3.05) is 12.0 Å². The Morgan fingerprint density at radius 1 is 1.18 bits per heavy atom. The Morgan fingerprint density at radius 2 is 1.87 bits per heavy atom. The number of hydrogen-bond donors (Lipinski definition) is 2. The molecule has 0 spiro atoms. The molecular formula is C25H28F3N5O4S2. The number of rotatable bonds is 9. The number of benzene rings is 2. The molecule has 0 aliphatic heterocycles. The van der Waals surface area contributed by atoms with Gasteiger partial charge in [0.2, 0.25) is 5.91 Å². The second kappa shape index (κ2) is 12.8. The van der Waals surface area contributed by atoms with Crippen LogP contribution < -0.4 is 10.6 Å². The maximum atomic E-state index is 13.2. The number of nitrogens with zero attached hydrogens (tertiary/aromatic N) is 3. The summed E-state index contributed by atoms with van der Waals surface area (Å²) in [6.07, 6.45) is -1.74. The molecule has 2 aromatic carbocycles. The number of azide groups is 1. The molecule has 0 heterocycles. The van der Waals surface area contributed by atoms with Gasteiger partial charge in [-0.3, -0.25) is 9.59 Å². The van der Waals surface area contributed by atoms with Gasteiger partial charge in [-0.15, -0.1) is 11.8 Å². The van der Waals surface area contributed by atoms with Crippen LogP contribution in [0.3, 0.4) is 0 Å². The second-order valence-corrected chi connectivity index (χ2v) is 12.2. The van der Waals surface area contributed by atoms with E-state index in [1.54, 1.807) is 12.1 Å². The van der Waals surface area contributed by atoms with Crippen molar-refractivity contribution in [2.24, 2.45) is 11.0 Å². The molecule has 9 nitrogen and oxygen atoms in total. The highest BCUT2D eigenvalue weighted by Gasteiger charge is 2.36. The van der Waals surface area contributed by atoms with Gasteiger partial charge in [0.1, 0.15) is 6.04 Å². The first-order valence-corrected chi connectivity index (χ1v) is 14.9. The minimum atomic E-state index is -4.62. The smallest absolute Gasteiger partial charge is 0.351 e. The van der Waals surface area contributed by atoms with Gasteiger partial charge in [-0.05, 0) is 86.4 Å². The van der Waals surface area contributed by atoms with Crippen molar-refractivity contribution in [3.8, 4) is 0 Å². The van der Waals surface area contributed by atoms with Crippen molar-refractivity contribution in [2.45, 2.75) is 60.3 Å². The molecular weight excluding hydrogens is 555 g/mol. The van der Waals surface area contributed by atoms with Crippen LogP contribution >= 0.6 is 11.8 Å². The van der Waals surface area contributed by atoms with E-state index in [2.05, 4.69) is 20.7 Å². The summed E-state index contributed by atoms with van der Waals surface area (Å²) in [4.78, 5) is 29.3. The maximum absolute atomic E-state index is 13.2. The topological polar surface area (TPSA) is 141 Å². The molecule has 210 valence electrons. The third-order valence-corrected chi connectivity index (χ3v) is 9.14. The lowest BCUT2D eigenvalue weighted by atomic mass is 9.82. The van der Waals surface area contributed by atoms with Crippen molar-refractivity contribution in [3.05, 3.63) is 70.1 Å². The van der Waals surface area contributed by atoms with E-state index in [0.29, 0.717) is 18.9 Å². The number of hydrogen-bond acceptors (Lipinski definition) is 6. The van der Waals surface area contributed by atoms with Crippen LogP contribution in [-0.2, 0) is 20.8 Å². The molecule has 39 heavy (non-hydrogen) atoms. The first-order chi connectivity index (χ1) is 18.3. The molecule has 1 fully saturated rings. The molecule has 0 saturated heterocycles. The molecule has 1 unspecified atom stereocenters. The van der Waals surface area contributed by atoms with Crippen LogP contribution in [0.2, 0.25) is 0 Å². The number of carbonyl (C=O) groups excluding carboxylic acids is 2. The minimum absolute atomic E-state index is 0.137. The van der Waals surface area contributed by atoms with E-state index in [-0.39, 0.29) is 22.6 Å². The third kappa shape index (κ3) is 8.13. The molecule has 3 rings (SSSR count). The van der Waals surface area contributed by atoms with E-state index < -0.39 is 57.4 Å². The van der Waals surface area contributed by atoms with E-state index >= 15 is 0 Å². The van der Waals surface area contributed by atoms with Crippen molar-refractivity contribution < 1.29 is 31.2 Å². The summed E-state index contributed by atoms with van der Waals surface area (Å²) in [5.74, 6) is -2.34. The SMILES string of the molecule is CSc1ccc(S(=O)(=O)C[C@@H]2C[C@H](N=[N+]=[N-])CC[C@H]2NC(=O)C(C)NC(=O)c2cccc(C(F)(F)F)c2)cc1. The van der Waals surface area contributed by atoms with Crippen LogP contribution in [-0.4, -0.2) is 50.4 Å². The number of alkyl halides is 3. The molecule has 2 amide bonds. The fourth-order valence-corrected chi connectivity index (χ4v) is 6.53. The van der Waals surface area contributed by atoms with Crippen molar-refractivity contribution in [1.29, 1.82) is 0 Å². The van der Waals surface area contributed by atoms with Gasteiger partial charge in [-0.2, -0.15) is 13.2 Å². The first kappa shape index (κ1) is 30.3. The summed E-state index contributed by atoms with van der Waals surface area (Å²) in [5.41, 5.74) is 7.61. The van der Waals surface area contributed by atoms with Gasteiger partial charge < -0.3 is 10.6 Å². The lowest BCUT2D eigenvalue weighted by Gasteiger charge is -2.35. The maximum Gasteiger partial charge on any atom is 0.416 e. The van der Waals surface area contributed by atoms with E-state index in [1.165, 1.54) is 36.9 Å². The standard InChI is InChI=1S/C25H28F3N5O4S2/c1-15(30-24(35)16-4-3-5-18(12-16)25(26,27)28)23(34)31-22-11-6-19(32-33-29)13-17(22)14-39(36,37)21-9-7-20(38-2)8-10-21/h3-5,7-10,12,15,17,19,22H,6,11,13-14H2,1-2H3,(H,30,35)(H,31,34)/t15?,17-,19+,22+/m0/s1. The molecule has 14 heteroatoms. The van der Waals surface area contributed by atoms with Crippen molar-refractivity contribution in [1.82, 2.24) is 10.6 Å². The Balaban J connectivity index is 1.71. The monoisotopic (exact) mass is 583 g/mol. The number of sulfone groups is 1. The predicted molar refractivity (Wildman–Crippen MR) is 141 cm³/mol. The lowest BCUT2D eigenvalue weighted by molar-refractivity contribution is -0.137. The zero-order valence-corrected chi connectivity index (χ0v) is 22.8. The van der Waals surface area contributed by atoms with Crippen molar-refractivity contribution in [3.63, 3.8) is 0 Å². The molecule has 4 atom stereocenters. The van der Waals surface area contributed by atoms with E-state index in [4.69, 9.17) is 5.53 Å². The molecule has 0 bridgehead atoms. The van der Waals surface area contributed by atoms with E-state index in [9.17, 15) is 31.2 Å². The van der Waals surface area contributed by atoms with E-state index in [1.807, 2.05) is 6.26 Å². The quantitative estimate of drug-likeness (QED) is 0.185. The Bertz CT molecular complexity index is 1350. The number of carbonyl (C=O) groups is 2. The van der Waals surface area contributed by atoms with Gasteiger partial charge >= 0.3 is 6.18 Å². The average Bonchev–Trinajstić information content (AvgIpc) is 2.89. The van der Waals surface area contributed by atoms with Gasteiger partial charge in [0.15, 0.2) is 9.84 Å². The third-order valence-electron chi connectivity index (χ3n) is 6.54. The molecule has 0 radical (unpaired) electrons.